The Labute approximate surface area is 106 Å². The Morgan fingerprint density at radius 3 is 2.59 bits per heavy atom. The Morgan fingerprint density at radius 2 is 2.00 bits per heavy atom. The summed E-state index contributed by atoms with van der Waals surface area (Å²) in [7, 11) is 0. The molecule has 0 amide bonds. The van der Waals surface area contributed by atoms with Gasteiger partial charge in [0.1, 0.15) is 0 Å². The van der Waals surface area contributed by atoms with Gasteiger partial charge in [-0.1, -0.05) is 13.8 Å². The molecule has 0 unspecified atom stereocenters. The van der Waals surface area contributed by atoms with Crippen LogP contribution in [0, 0.1) is 5.41 Å². The topological polar surface area (TPSA) is 47.3 Å². The van der Waals surface area contributed by atoms with Gasteiger partial charge in [0.15, 0.2) is 0 Å². The first-order chi connectivity index (χ1) is 8.07. The molecule has 3 heteroatoms. The van der Waals surface area contributed by atoms with E-state index >= 15 is 0 Å². The third kappa shape index (κ3) is 5.84. The summed E-state index contributed by atoms with van der Waals surface area (Å²) in [5.74, 6) is 0. The lowest BCUT2D eigenvalue weighted by molar-refractivity contribution is -0.00989. The summed E-state index contributed by atoms with van der Waals surface area (Å²) in [4.78, 5) is 0. The first kappa shape index (κ1) is 14.9. The van der Waals surface area contributed by atoms with Gasteiger partial charge in [0.25, 0.3) is 0 Å². The molecule has 0 aromatic carbocycles. The molecule has 0 aromatic rings. The molecule has 0 aromatic heterocycles. The van der Waals surface area contributed by atoms with E-state index in [0.717, 1.165) is 26.1 Å². The van der Waals surface area contributed by atoms with Crippen molar-refractivity contribution in [2.45, 2.75) is 65.0 Å². The molecular weight excluding hydrogens is 212 g/mol. The van der Waals surface area contributed by atoms with Gasteiger partial charge < -0.3 is 15.8 Å². The normalized spacial score (nSPS) is 24.7. The molecule has 1 rings (SSSR count). The lowest BCUT2D eigenvalue weighted by Crippen LogP contribution is -2.45. The second-order valence-corrected chi connectivity index (χ2v) is 6.01. The number of rotatable bonds is 9. The highest BCUT2D eigenvalue weighted by Crippen LogP contribution is 2.26. The average Bonchev–Trinajstić information content (AvgIpc) is 2.19. The quantitative estimate of drug-likeness (QED) is 0.610. The summed E-state index contributed by atoms with van der Waals surface area (Å²) in [5.41, 5.74) is 6.02. The van der Waals surface area contributed by atoms with Crippen molar-refractivity contribution in [3.63, 3.8) is 0 Å². The predicted octanol–water partition coefficient (Wildman–Crippen LogP) is 2.30. The van der Waals surface area contributed by atoms with Gasteiger partial charge in [0, 0.05) is 12.6 Å². The smallest absolute Gasteiger partial charge is 0.0604 e. The highest BCUT2D eigenvalue weighted by atomic mass is 16.5. The first-order valence-electron chi connectivity index (χ1n) is 7.12. The number of hydrogen-bond acceptors (Lipinski definition) is 3. The zero-order valence-electron chi connectivity index (χ0n) is 11.8. The zero-order valence-corrected chi connectivity index (χ0v) is 11.8. The van der Waals surface area contributed by atoms with E-state index in [9.17, 15) is 0 Å². The molecule has 0 heterocycles. The standard InChI is InChI=1S/C14H30N2O/c1-4-17-13-10-12(11-13)16-9-5-6-14(2,3)7-8-15/h12-13,16H,4-11,15H2,1-3H3. The van der Waals surface area contributed by atoms with E-state index < -0.39 is 0 Å². The van der Waals surface area contributed by atoms with Crippen molar-refractivity contribution in [1.29, 1.82) is 0 Å². The van der Waals surface area contributed by atoms with Crippen LogP contribution in [-0.2, 0) is 4.74 Å². The molecule has 3 nitrogen and oxygen atoms in total. The van der Waals surface area contributed by atoms with E-state index in [-0.39, 0.29) is 0 Å². The largest absolute Gasteiger partial charge is 0.378 e. The van der Waals surface area contributed by atoms with Crippen molar-refractivity contribution in [3.8, 4) is 0 Å². The Bertz CT molecular complexity index is 200. The van der Waals surface area contributed by atoms with Crippen LogP contribution in [0.15, 0.2) is 0 Å². The van der Waals surface area contributed by atoms with Gasteiger partial charge in [0.2, 0.25) is 0 Å². The molecule has 0 radical (unpaired) electrons. The van der Waals surface area contributed by atoms with E-state index in [4.69, 9.17) is 10.5 Å². The Morgan fingerprint density at radius 1 is 1.29 bits per heavy atom. The Hall–Kier alpha value is -0.120. The maximum Gasteiger partial charge on any atom is 0.0604 e. The second kappa shape index (κ2) is 7.34. The molecule has 17 heavy (non-hydrogen) atoms. The molecule has 1 saturated carbocycles. The highest BCUT2D eigenvalue weighted by Gasteiger charge is 2.28. The van der Waals surface area contributed by atoms with Crippen LogP contribution >= 0.6 is 0 Å². The second-order valence-electron chi connectivity index (χ2n) is 6.01. The summed E-state index contributed by atoms with van der Waals surface area (Å²) >= 11 is 0. The minimum absolute atomic E-state index is 0.407. The fourth-order valence-corrected chi connectivity index (χ4v) is 2.49. The van der Waals surface area contributed by atoms with E-state index in [1.165, 1.54) is 25.7 Å². The van der Waals surface area contributed by atoms with E-state index in [1.807, 2.05) is 0 Å². The van der Waals surface area contributed by atoms with Gasteiger partial charge in [-0.05, 0) is 57.5 Å². The lowest BCUT2D eigenvalue weighted by Gasteiger charge is -2.35. The van der Waals surface area contributed by atoms with Crippen LogP contribution < -0.4 is 11.1 Å². The summed E-state index contributed by atoms with van der Waals surface area (Å²) in [6, 6.07) is 0.698. The summed E-state index contributed by atoms with van der Waals surface area (Å²) in [6.07, 6.45) is 6.55. The molecule has 1 aliphatic carbocycles. The van der Waals surface area contributed by atoms with Crippen molar-refractivity contribution in [3.05, 3.63) is 0 Å². The van der Waals surface area contributed by atoms with Gasteiger partial charge in [-0.25, -0.2) is 0 Å². The van der Waals surface area contributed by atoms with Gasteiger partial charge >= 0.3 is 0 Å². The maximum absolute atomic E-state index is 5.61. The van der Waals surface area contributed by atoms with Crippen molar-refractivity contribution >= 4 is 0 Å². The van der Waals surface area contributed by atoms with Crippen LogP contribution in [0.3, 0.4) is 0 Å². The summed E-state index contributed by atoms with van der Waals surface area (Å²) in [6.45, 7) is 9.49. The molecule has 0 saturated heterocycles. The summed E-state index contributed by atoms with van der Waals surface area (Å²) in [5, 5.41) is 3.61. The molecule has 3 N–H and O–H groups in total. The van der Waals surface area contributed by atoms with E-state index in [2.05, 4.69) is 26.1 Å². The Balaban J connectivity index is 1.95. The molecular formula is C14H30N2O. The number of nitrogens with two attached hydrogens (primary N) is 1. The number of nitrogens with one attached hydrogen (secondary N) is 1. The van der Waals surface area contributed by atoms with Gasteiger partial charge in [-0.2, -0.15) is 0 Å². The Kier molecular flexibility index (Phi) is 6.45. The van der Waals surface area contributed by atoms with Crippen LogP contribution in [0.25, 0.3) is 0 Å². The van der Waals surface area contributed by atoms with Gasteiger partial charge in [-0.15, -0.1) is 0 Å². The minimum Gasteiger partial charge on any atom is -0.378 e. The third-order valence-electron chi connectivity index (χ3n) is 3.78. The SMILES string of the molecule is CCOC1CC(NCCCC(C)(C)CCN)C1. The number of ether oxygens (including phenoxy) is 1. The minimum atomic E-state index is 0.407. The van der Waals surface area contributed by atoms with Crippen molar-refractivity contribution in [2.24, 2.45) is 11.1 Å². The average molecular weight is 242 g/mol. The van der Waals surface area contributed by atoms with Crippen molar-refractivity contribution in [2.75, 3.05) is 19.7 Å². The molecule has 0 bridgehead atoms. The third-order valence-corrected chi connectivity index (χ3v) is 3.78. The first-order valence-corrected chi connectivity index (χ1v) is 7.12. The zero-order chi connectivity index (χ0) is 12.7. The van der Waals surface area contributed by atoms with E-state index in [1.54, 1.807) is 0 Å². The maximum atomic E-state index is 5.61. The van der Waals surface area contributed by atoms with Crippen LogP contribution in [0.2, 0.25) is 0 Å². The van der Waals surface area contributed by atoms with Gasteiger partial charge in [-0.3, -0.25) is 0 Å². The monoisotopic (exact) mass is 242 g/mol. The molecule has 0 aliphatic heterocycles. The van der Waals surface area contributed by atoms with Crippen LogP contribution in [0.4, 0.5) is 0 Å². The van der Waals surface area contributed by atoms with Crippen molar-refractivity contribution in [1.82, 2.24) is 5.32 Å². The molecule has 0 atom stereocenters. The lowest BCUT2D eigenvalue weighted by atomic mass is 9.84. The van der Waals surface area contributed by atoms with Crippen LogP contribution in [0.5, 0.6) is 0 Å². The van der Waals surface area contributed by atoms with Gasteiger partial charge in [0.05, 0.1) is 6.10 Å². The van der Waals surface area contributed by atoms with Crippen LogP contribution in [-0.4, -0.2) is 31.8 Å². The molecule has 1 fully saturated rings. The highest BCUT2D eigenvalue weighted by molar-refractivity contribution is 4.85. The fourth-order valence-electron chi connectivity index (χ4n) is 2.49. The molecule has 1 aliphatic rings. The fraction of sp³-hybridized carbons (Fsp3) is 1.00. The molecule has 0 spiro atoms. The van der Waals surface area contributed by atoms with E-state index in [0.29, 0.717) is 17.6 Å². The number of hydrogen-bond donors (Lipinski definition) is 2. The van der Waals surface area contributed by atoms with Crippen molar-refractivity contribution < 1.29 is 4.74 Å². The summed E-state index contributed by atoms with van der Waals surface area (Å²) < 4.78 is 5.55. The molecule has 102 valence electrons. The predicted molar refractivity (Wildman–Crippen MR) is 73.1 cm³/mol. The van der Waals surface area contributed by atoms with Crippen LogP contribution in [0.1, 0.15) is 52.9 Å².